The lowest BCUT2D eigenvalue weighted by molar-refractivity contribution is -0.143. The van der Waals surface area contributed by atoms with Gasteiger partial charge in [-0.1, -0.05) is 12.1 Å². The van der Waals surface area contributed by atoms with E-state index in [0.717, 1.165) is 6.42 Å². The van der Waals surface area contributed by atoms with Gasteiger partial charge in [0, 0.05) is 33.2 Å². The summed E-state index contributed by atoms with van der Waals surface area (Å²) in [5, 5.41) is 11.4. The van der Waals surface area contributed by atoms with Crippen molar-refractivity contribution in [2.24, 2.45) is 16.8 Å². The molecule has 1 aliphatic rings. The number of carbonyl (C=O) groups is 1. The second kappa shape index (κ2) is 7.96. The third-order valence-corrected chi connectivity index (χ3v) is 3.27. The lowest BCUT2D eigenvalue weighted by atomic mass is 10.0. The van der Waals surface area contributed by atoms with Crippen LogP contribution in [0.25, 0.3) is 0 Å². The number of hydrogen-bond donors (Lipinski definition) is 2. The van der Waals surface area contributed by atoms with Crippen molar-refractivity contribution in [2.75, 3.05) is 33.4 Å². The summed E-state index contributed by atoms with van der Waals surface area (Å²) in [5.74, 6) is 0.282. The van der Waals surface area contributed by atoms with E-state index in [9.17, 15) is 4.79 Å². The molecular formula is C12H23N3O4. The molecule has 0 bridgehead atoms. The highest BCUT2D eigenvalue weighted by molar-refractivity contribution is 5.83. The van der Waals surface area contributed by atoms with Crippen LogP contribution in [-0.2, 0) is 14.3 Å². The van der Waals surface area contributed by atoms with Gasteiger partial charge in [-0.15, -0.1) is 0 Å². The van der Waals surface area contributed by atoms with Crippen LogP contribution < -0.4 is 5.73 Å². The van der Waals surface area contributed by atoms with Gasteiger partial charge in [0.2, 0.25) is 0 Å². The number of amidine groups is 1. The van der Waals surface area contributed by atoms with Crippen LogP contribution in [0.5, 0.6) is 0 Å². The maximum Gasteiger partial charge on any atom is 0.252 e. The molecule has 0 aliphatic carbocycles. The number of rotatable bonds is 7. The lowest BCUT2D eigenvalue weighted by Gasteiger charge is -2.26. The molecule has 0 aromatic carbocycles. The first-order valence-electron chi connectivity index (χ1n) is 6.45. The zero-order valence-electron chi connectivity index (χ0n) is 11.5. The smallest absolute Gasteiger partial charge is 0.252 e. The molecule has 0 saturated carbocycles. The van der Waals surface area contributed by atoms with Crippen LogP contribution >= 0.6 is 0 Å². The average molecular weight is 273 g/mol. The third-order valence-electron chi connectivity index (χ3n) is 3.27. The molecule has 0 aromatic heterocycles. The fourth-order valence-electron chi connectivity index (χ4n) is 2.02. The summed E-state index contributed by atoms with van der Waals surface area (Å²) in [6.07, 6.45) is 0.839. The van der Waals surface area contributed by atoms with Gasteiger partial charge in [-0.25, -0.2) is 0 Å². The van der Waals surface area contributed by atoms with E-state index in [4.69, 9.17) is 20.4 Å². The number of amides is 1. The topological polar surface area (TPSA) is 97.4 Å². The molecule has 0 radical (unpaired) electrons. The predicted molar refractivity (Wildman–Crippen MR) is 70.0 cm³/mol. The van der Waals surface area contributed by atoms with Crippen LogP contribution in [0.3, 0.4) is 0 Å². The standard InChI is InChI=1S/C12H23N3O4/c1-9-4-7-19-11(9)12(16)15(6-8-18-2)5-3-10(13)14-17/h9,11,17H,3-8H2,1-2H3,(H2,13,14). The Morgan fingerprint density at radius 1 is 1.58 bits per heavy atom. The Hall–Kier alpha value is -1.34. The number of oxime groups is 1. The van der Waals surface area contributed by atoms with Crippen LogP contribution in [-0.4, -0.2) is 61.4 Å². The number of nitrogens with zero attached hydrogens (tertiary/aromatic N) is 2. The van der Waals surface area contributed by atoms with Gasteiger partial charge in [0.25, 0.3) is 5.91 Å². The Morgan fingerprint density at radius 2 is 2.32 bits per heavy atom. The molecule has 1 saturated heterocycles. The molecule has 1 fully saturated rings. The van der Waals surface area contributed by atoms with Gasteiger partial charge in [-0.2, -0.15) is 0 Å². The van der Waals surface area contributed by atoms with Crippen LogP contribution in [0, 0.1) is 5.92 Å². The predicted octanol–water partition coefficient (Wildman–Crippen LogP) is 0.0229. The summed E-state index contributed by atoms with van der Waals surface area (Å²) >= 11 is 0. The van der Waals surface area contributed by atoms with Crippen molar-refractivity contribution < 1.29 is 19.5 Å². The Morgan fingerprint density at radius 3 is 2.84 bits per heavy atom. The zero-order chi connectivity index (χ0) is 14.3. The summed E-state index contributed by atoms with van der Waals surface area (Å²) in [6, 6.07) is 0. The molecule has 0 aromatic rings. The quantitative estimate of drug-likeness (QED) is 0.295. The van der Waals surface area contributed by atoms with E-state index >= 15 is 0 Å². The zero-order valence-corrected chi connectivity index (χ0v) is 11.5. The largest absolute Gasteiger partial charge is 0.409 e. The van der Waals surface area contributed by atoms with E-state index in [1.165, 1.54) is 0 Å². The van der Waals surface area contributed by atoms with Crippen LogP contribution in [0.15, 0.2) is 5.16 Å². The van der Waals surface area contributed by atoms with Crippen molar-refractivity contribution in [1.82, 2.24) is 4.90 Å². The van der Waals surface area contributed by atoms with E-state index in [1.807, 2.05) is 6.92 Å². The molecule has 2 unspecified atom stereocenters. The van der Waals surface area contributed by atoms with Crippen molar-refractivity contribution >= 4 is 11.7 Å². The van der Waals surface area contributed by atoms with E-state index in [1.54, 1.807) is 12.0 Å². The van der Waals surface area contributed by atoms with Crippen LogP contribution in [0.4, 0.5) is 0 Å². The maximum absolute atomic E-state index is 12.4. The molecule has 1 rings (SSSR count). The molecule has 7 nitrogen and oxygen atoms in total. The van der Waals surface area contributed by atoms with Gasteiger partial charge in [-0.3, -0.25) is 4.79 Å². The first-order chi connectivity index (χ1) is 9.10. The normalized spacial score (nSPS) is 23.6. The molecule has 7 heteroatoms. The summed E-state index contributed by atoms with van der Waals surface area (Å²) in [6.45, 7) is 3.94. The van der Waals surface area contributed by atoms with E-state index in [-0.39, 0.29) is 23.8 Å². The highest BCUT2D eigenvalue weighted by atomic mass is 16.5. The van der Waals surface area contributed by atoms with Gasteiger partial charge in [0.15, 0.2) is 0 Å². The highest BCUT2D eigenvalue weighted by Gasteiger charge is 2.33. The number of carbonyl (C=O) groups excluding carboxylic acids is 1. The molecule has 3 N–H and O–H groups in total. The first-order valence-corrected chi connectivity index (χ1v) is 6.45. The van der Waals surface area contributed by atoms with E-state index < -0.39 is 0 Å². The van der Waals surface area contributed by atoms with E-state index in [2.05, 4.69) is 5.16 Å². The molecular weight excluding hydrogens is 250 g/mol. The summed E-state index contributed by atoms with van der Waals surface area (Å²) in [5.41, 5.74) is 5.43. The van der Waals surface area contributed by atoms with Crippen molar-refractivity contribution in [3.63, 3.8) is 0 Å². The van der Waals surface area contributed by atoms with Crippen molar-refractivity contribution in [2.45, 2.75) is 25.9 Å². The van der Waals surface area contributed by atoms with Gasteiger partial charge in [0.1, 0.15) is 11.9 Å². The third kappa shape index (κ3) is 4.68. The maximum atomic E-state index is 12.4. The average Bonchev–Trinajstić information content (AvgIpc) is 2.84. The van der Waals surface area contributed by atoms with E-state index in [0.29, 0.717) is 32.7 Å². The fraction of sp³-hybridized carbons (Fsp3) is 0.833. The van der Waals surface area contributed by atoms with Gasteiger partial charge in [0.05, 0.1) is 6.61 Å². The monoisotopic (exact) mass is 273 g/mol. The minimum atomic E-state index is -0.385. The number of ether oxygens (including phenoxy) is 2. The molecule has 1 amide bonds. The van der Waals surface area contributed by atoms with Crippen LogP contribution in [0.2, 0.25) is 0 Å². The molecule has 19 heavy (non-hydrogen) atoms. The summed E-state index contributed by atoms with van der Waals surface area (Å²) in [4.78, 5) is 14.0. The Bertz CT molecular complexity index is 322. The van der Waals surface area contributed by atoms with Crippen LogP contribution in [0.1, 0.15) is 19.8 Å². The second-order valence-corrected chi connectivity index (χ2v) is 4.72. The van der Waals surface area contributed by atoms with Gasteiger partial charge in [-0.05, 0) is 12.3 Å². The van der Waals surface area contributed by atoms with Gasteiger partial charge >= 0.3 is 0 Å². The first kappa shape index (κ1) is 15.7. The molecule has 2 atom stereocenters. The van der Waals surface area contributed by atoms with Gasteiger partial charge < -0.3 is 25.3 Å². The molecule has 0 spiro atoms. The second-order valence-electron chi connectivity index (χ2n) is 4.72. The minimum absolute atomic E-state index is 0.0483. The fourth-order valence-corrected chi connectivity index (χ4v) is 2.02. The summed E-state index contributed by atoms with van der Waals surface area (Å²) in [7, 11) is 1.58. The van der Waals surface area contributed by atoms with Crippen molar-refractivity contribution in [3.05, 3.63) is 0 Å². The number of methoxy groups -OCH3 is 1. The SMILES string of the molecule is COCCN(CCC(N)=NO)C(=O)C1OCCC1C. The van der Waals surface area contributed by atoms with Crippen molar-refractivity contribution in [3.8, 4) is 0 Å². The highest BCUT2D eigenvalue weighted by Crippen LogP contribution is 2.22. The molecule has 1 aliphatic heterocycles. The Kier molecular flexibility index (Phi) is 6.58. The lowest BCUT2D eigenvalue weighted by Crippen LogP contribution is -2.44. The number of nitrogens with two attached hydrogens (primary N) is 1. The molecule has 1 heterocycles. The Balaban J connectivity index is 2.58. The van der Waals surface area contributed by atoms with Crippen molar-refractivity contribution in [1.29, 1.82) is 0 Å². The number of hydrogen-bond acceptors (Lipinski definition) is 5. The minimum Gasteiger partial charge on any atom is -0.409 e. The summed E-state index contributed by atoms with van der Waals surface area (Å²) < 4.78 is 10.5. The Labute approximate surface area is 113 Å². The molecule has 110 valence electrons.